The summed E-state index contributed by atoms with van der Waals surface area (Å²) >= 11 is 1.69. The van der Waals surface area contributed by atoms with E-state index in [2.05, 4.69) is 10.4 Å². The first-order valence-electron chi connectivity index (χ1n) is 8.03. The van der Waals surface area contributed by atoms with E-state index in [-0.39, 0.29) is 11.6 Å². The first kappa shape index (κ1) is 17.2. The van der Waals surface area contributed by atoms with Gasteiger partial charge in [-0.2, -0.15) is 16.9 Å². The first-order chi connectivity index (χ1) is 13.0. The lowest BCUT2D eigenvalue weighted by Gasteiger charge is -2.11. The minimum atomic E-state index is -0.472. The molecule has 27 heavy (non-hydrogen) atoms. The quantitative estimate of drug-likeness (QED) is 0.544. The molecule has 0 spiro atoms. The van der Waals surface area contributed by atoms with E-state index >= 15 is 0 Å². The number of amides is 1. The minimum Gasteiger partial charge on any atom is -0.306 e. The van der Waals surface area contributed by atoms with E-state index in [1.807, 2.05) is 0 Å². The van der Waals surface area contributed by atoms with E-state index in [4.69, 9.17) is 0 Å². The predicted octanol–water partition coefficient (Wildman–Crippen LogP) is 3.92. The summed E-state index contributed by atoms with van der Waals surface area (Å²) in [5, 5.41) is 18.3. The number of nitrogens with one attached hydrogen (secondary N) is 1. The van der Waals surface area contributed by atoms with Crippen molar-refractivity contribution in [2.45, 2.75) is 11.5 Å². The fourth-order valence-corrected chi connectivity index (χ4v) is 3.86. The Morgan fingerprint density at radius 2 is 1.85 bits per heavy atom. The van der Waals surface area contributed by atoms with E-state index in [0.29, 0.717) is 22.8 Å². The third-order valence-corrected chi connectivity index (χ3v) is 5.17. The Bertz CT molecular complexity index is 1030. The zero-order chi connectivity index (χ0) is 19.0. The summed E-state index contributed by atoms with van der Waals surface area (Å²) in [7, 11) is 0. The molecule has 0 atom stereocenters. The van der Waals surface area contributed by atoms with Crippen LogP contribution in [0.5, 0.6) is 0 Å². The number of benzene rings is 2. The van der Waals surface area contributed by atoms with Crippen LogP contribution in [-0.2, 0) is 11.5 Å². The van der Waals surface area contributed by atoms with Crippen molar-refractivity contribution in [1.82, 2.24) is 9.78 Å². The Kier molecular flexibility index (Phi) is 4.36. The van der Waals surface area contributed by atoms with E-state index in [1.54, 1.807) is 28.6 Å². The molecule has 0 saturated heterocycles. The van der Waals surface area contributed by atoms with Crippen LogP contribution in [0.2, 0.25) is 0 Å². The van der Waals surface area contributed by atoms with Gasteiger partial charge in [0, 0.05) is 34.8 Å². The van der Waals surface area contributed by atoms with Crippen molar-refractivity contribution in [1.29, 1.82) is 0 Å². The molecular weight excluding hydrogens is 371 g/mol. The number of halogens is 1. The Labute approximate surface area is 157 Å². The van der Waals surface area contributed by atoms with Crippen molar-refractivity contribution < 1.29 is 14.1 Å². The number of fused-ring (bicyclic) bond motifs is 1. The number of non-ortho nitro benzene ring substituents is 1. The van der Waals surface area contributed by atoms with Gasteiger partial charge in [-0.1, -0.05) is 0 Å². The smallest absolute Gasteiger partial charge is 0.269 e. The van der Waals surface area contributed by atoms with Gasteiger partial charge in [-0.25, -0.2) is 9.07 Å². The fourth-order valence-electron chi connectivity index (χ4n) is 2.82. The monoisotopic (exact) mass is 384 g/mol. The molecule has 1 aliphatic rings. The van der Waals surface area contributed by atoms with Crippen LogP contribution in [0, 0.1) is 15.9 Å². The summed E-state index contributed by atoms with van der Waals surface area (Å²) in [5.41, 5.74) is 2.70. The standard InChI is InChI=1S/C18H13FN4O3S/c19-12-3-1-11(2-4-12)18(24)20-17-15-9-27-10-16(15)21-22(17)13-5-7-14(8-6-13)23(25)26/h1-8H,9-10H2,(H,20,24). The van der Waals surface area contributed by atoms with Crippen molar-refractivity contribution in [3.8, 4) is 5.69 Å². The largest absolute Gasteiger partial charge is 0.306 e. The number of hydrogen-bond donors (Lipinski definition) is 1. The van der Waals surface area contributed by atoms with Crippen molar-refractivity contribution >= 4 is 29.2 Å². The molecule has 0 radical (unpaired) electrons. The molecule has 136 valence electrons. The van der Waals surface area contributed by atoms with Gasteiger partial charge < -0.3 is 5.32 Å². The number of anilines is 1. The zero-order valence-corrected chi connectivity index (χ0v) is 14.7. The number of carbonyl (C=O) groups is 1. The van der Waals surface area contributed by atoms with E-state index in [1.165, 1.54) is 36.4 Å². The average molecular weight is 384 g/mol. The number of rotatable bonds is 4. The first-order valence-corrected chi connectivity index (χ1v) is 9.18. The lowest BCUT2D eigenvalue weighted by molar-refractivity contribution is -0.384. The van der Waals surface area contributed by atoms with Crippen LogP contribution >= 0.6 is 11.8 Å². The van der Waals surface area contributed by atoms with Gasteiger partial charge in [0.15, 0.2) is 0 Å². The van der Waals surface area contributed by atoms with E-state index in [9.17, 15) is 19.3 Å². The second-order valence-electron chi connectivity index (χ2n) is 5.91. The maximum Gasteiger partial charge on any atom is 0.269 e. The zero-order valence-electron chi connectivity index (χ0n) is 13.9. The number of aromatic nitrogens is 2. The molecule has 2 aromatic carbocycles. The molecule has 0 saturated carbocycles. The van der Waals surface area contributed by atoms with Crippen LogP contribution < -0.4 is 5.32 Å². The van der Waals surface area contributed by atoms with Crippen LogP contribution in [0.3, 0.4) is 0 Å². The number of thioether (sulfide) groups is 1. The SMILES string of the molecule is O=C(Nc1c2c(nn1-c1ccc([N+](=O)[O-])cc1)CSC2)c1ccc(F)cc1. The lowest BCUT2D eigenvalue weighted by Crippen LogP contribution is -2.16. The molecule has 0 aliphatic carbocycles. The third kappa shape index (κ3) is 3.28. The van der Waals surface area contributed by atoms with Gasteiger partial charge in [-0.3, -0.25) is 14.9 Å². The van der Waals surface area contributed by atoms with Gasteiger partial charge in [0.25, 0.3) is 11.6 Å². The average Bonchev–Trinajstić information content (AvgIpc) is 3.25. The second-order valence-corrected chi connectivity index (χ2v) is 6.90. The summed E-state index contributed by atoms with van der Waals surface area (Å²) in [6, 6.07) is 11.2. The van der Waals surface area contributed by atoms with Crippen molar-refractivity contribution in [3.63, 3.8) is 0 Å². The van der Waals surface area contributed by atoms with Crippen LogP contribution in [0.25, 0.3) is 5.69 Å². The molecule has 2 heterocycles. The molecule has 1 amide bonds. The summed E-state index contributed by atoms with van der Waals surface area (Å²) in [6.07, 6.45) is 0. The lowest BCUT2D eigenvalue weighted by atomic mass is 10.2. The molecule has 1 N–H and O–H groups in total. The summed E-state index contributed by atoms with van der Waals surface area (Å²) < 4.78 is 14.7. The Balaban J connectivity index is 1.70. The molecule has 0 bridgehead atoms. The molecule has 7 nitrogen and oxygen atoms in total. The number of hydrogen-bond acceptors (Lipinski definition) is 5. The molecule has 0 unspecified atom stereocenters. The second kappa shape index (κ2) is 6.84. The highest BCUT2D eigenvalue weighted by Gasteiger charge is 2.25. The molecule has 3 aromatic rings. The number of carbonyl (C=O) groups excluding carboxylic acids is 1. The van der Waals surface area contributed by atoms with Gasteiger partial charge in [0.05, 0.1) is 16.3 Å². The minimum absolute atomic E-state index is 0.0223. The summed E-state index contributed by atoms with van der Waals surface area (Å²) in [6.45, 7) is 0. The van der Waals surface area contributed by atoms with E-state index < -0.39 is 10.7 Å². The predicted molar refractivity (Wildman–Crippen MR) is 99.6 cm³/mol. The highest BCUT2D eigenvalue weighted by molar-refractivity contribution is 7.98. The van der Waals surface area contributed by atoms with Crippen LogP contribution in [0.4, 0.5) is 15.9 Å². The Morgan fingerprint density at radius 3 is 2.52 bits per heavy atom. The Morgan fingerprint density at radius 1 is 1.15 bits per heavy atom. The van der Waals surface area contributed by atoms with Gasteiger partial charge in [0.1, 0.15) is 11.6 Å². The number of nitro groups is 1. The van der Waals surface area contributed by atoms with E-state index in [0.717, 1.165) is 17.0 Å². The van der Waals surface area contributed by atoms with Gasteiger partial charge in [-0.05, 0) is 36.4 Å². The number of nitrogens with zero attached hydrogens (tertiary/aromatic N) is 3. The molecular formula is C18H13FN4O3S. The molecule has 9 heteroatoms. The van der Waals surface area contributed by atoms with Crippen LogP contribution in [0.15, 0.2) is 48.5 Å². The molecule has 4 rings (SSSR count). The highest BCUT2D eigenvalue weighted by atomic mass is 32.2. The van der Waals surface area contributed by atoms with Crippen molar-refractivity contribution in [2.75, 3.05) is 5.32 Å². The molecule has 1 aliphatic heterocycles. The molecule has 1 aromatic heterocycles. The fraction of sp³-hybridized carbons (Fsp3) is 0.111. The highest BCUT2D eigenvalue weighted by Crippen LogP contribution is 2.36. The van der Waals surface area contributed by atoms with Crippen LogP contribution in [0.1, 0.15) is 21.6 Å². The van der Waals surface area contributed by atoms with Gasteiger partial charge in [0.2, 0.25) is 0 Å². The topological polar surface area (TPSA) is 90.1 Å². The van der Waals surface area contributed by atoms with Crippen LogP contribution in [-0.4, -0.2) is 20.6 Å². The third-order valence-electron chi connectivity index (χ3n) is 4.20. The normalized spacial score (nSPS) is 12.6. The summed E-state index contributed by atoms with van der Waals surface area (Å²) in [4.78, 5) is 23.0. The van der Waals surface area contributed by atoms with Crippen molar-refractivity contribution in [2.24, 2.45) is 0 Å². The van der Waals surface area contributed by atoms with Crippen molar-refractivity contribution in [3.05, 3.63) is 81.3 Å². The van der Waals surface area contributed by atoms with Gasteiger partial charge >= 0.3 is 0 Å². The molecule has 0 fully saturated rings. The summed E-state index contributed by atoms with van der Waals surface area (Å²) in [5.74, 6) is 1.17. The number of nitro benzene ring substituents is 1. The Hall–Kier alpha value is -3.20. The van der Waals surface area contributed by atoms with Gasteiger partial charge in [-0.15, -0.1) is 0 Å². The maximum atomic E-state index is 13.1. The maximum absolute atomic E-state index is 13.1.